The van der Waals surface area contributed by atoms with Crippen LogP contribution in [-0.2, 0) is 0 Å². The monoisotopic (exact) mass is 265 g/mol. The van der Waals surface area contributed by atoms with E-state index in [1.807, 2.05) is 24.3 Å². The van der Waals surface area contributed by atoms with Crippen molar-refractivity contribution in [3.63, 3.8) is 0 Å². The first-order chi connectivity index (χ1) is 7.18. The number of rotatable bonds is 2. The zero-order valence-corrected chi connectivity index (χ0v) is 9.11. The second-order valence-corrected chi connectivity index (χ2v) is 3.80. The van der Waals surface area contributed by atoms with Gasteiger partial charge in [-0.2, -0.15) is 0 Å². The second kappa shape index (κ2) is 3.86. The molecule has 1 aromatic heterocycles. The molecule has 2 aromatic rings. The number of halogens is 1. The molecule has 0 unspecified atom stereocenters. The van der Waals surface area contributed by atoms with E-state index in [9.17, 15) is 4.79 Å². The molecule has 0 saturated heterocycles. The largest absolute Gasteiger partial charge is 0.365 e. The molecule has 2 rings (SSSR count). The SMILES string of the molecule is NC(=O)c1[c]onc1-c1ccc(Br)cc1. The summed E-state index contributed by atoms with van der Waals surface area (Å²) in [6.07, 6.45) is 2.35. The number of primary amides is 1. The minimum absolute atomic E-state index is 0.164. The van der Waals surface area contributed by atoms with Gasteiger partial charge in [-0.25, -0.2) is 0 Å². The third-order valence-electron chi connectivity index (χ3n) is 1.89. The molecule has 0 saturated carbocycles. The fourth-order valence-electron chi connectivity index (χ4n) is 1.18. The van der Waals surface area contributed by atoms with Crippen LogP contribution in [0.5, 0.6) is 0 Å². The molecule has 1 heterocycles. The Kier molecular flexibility index (Phi) is 2.55. The Bertz CT molecular complexity index is 490. The standard InChI is InChI=1S/C10H6BrN2O2/c11-7-3-1-6(2-4-7)9-8(10(12)14)5-15-13-9/h1-4H,(H2,12,14). The Morgan fingerprint density at radius 2 is 2.07 bits per heavy atom. The van der Waals surface area contributed by atoms with Gasteiger partial charge in [0.15, 0.2) is 0 Å². The number of benzene rings is 1. The van der Waals surface area contributed by atoms with Crippen LogP contribution in [0.1, 0.15) is 10.4 Å². The van der Waals surface area contributed by atoms with Crippen LogP contribution in [0.15, 0.2) is 33.3 Å². The van der Waals surface area contributed by atoms with Gasteiger partial charge in [-0.1, -0.05) is 33.2 Å². The lowest BCUT2D eigenvalue weighted by Gasteiger charge is -1.97. The summed E-state index contributed by atoms with van der Waals surface area (Å²) >= 11 is 3.31. The van der Waals surface area contributed by atoms with E-state index in [1.165, 1.54) is 0 Å². The van der Waals surface area contributed by atoms with Crippen molar-refractivity contribution in [3.8, 4) is 11.3 Å². The van der Waals surface area contributed by atoms with Crippen LogP contribution in [0.2, 0.25) is 0 Å². The third kappa shape index (κ3) is 1.92. The van der Waals surface area contributed by atoms with E-state index in [0.717, 1.165) is 10.0 Å². The second-order valence-electron chi connectivity index (χ2n) is 2.88. The van der Waals surface area contributed by atoms with Gasteiger partial charge in [-0.05, 0) is 12.1 Å². The number of nitrogens with zero attached hydrogens (tertiary/aromatic N) is 1. The highest BCUT2D eigenvalue weighted by Crippen LogP contribution is 2.23. The van der Waals surface area contributed by atoms with Crippen LogP contribution in [-0.4, -0.2) is 11.1 Å². The molecular weight excluding hydrogens is 260 g/mol. The minimum atomic E-state index is -0.603. The summed E-state index contributed by atoms with van der Waals surface area (Å²) in [5.41, 5.74) is 6.48. The minimum Gasteiger partial charge on any atom is -0.365 e. The van der Waals surface area contributed by atoms with Crippen LogP contribution >= 0.6 is 15.9 Å². The van der Waals surface area contributed by atoms with Gasteiger partial charge in [0.25, 0.3) is 5.91 Å². The summed E-state index contributed by atoms with van der Waals surface area (Å²) in [6, 6.07) is 7.30. The lowest BCUT2D eigenvalue weighted by atomic mass is 10.1. The Hall–Kier alpha value is -1.62. The third-order valence-corrected chi connectivity index (χ3v) is 2.41. The number of nitrogens with two attached hydrogens (primary N) is 1. The summed E-state index contributed by atoms with van der Waals surface area (Å²) in [6.45, 7) is 0. The van der Waals surface area contributed by atoms with Gasteiger partial charge in [0.2, 0.25) is 6.26 Å². The molecule has 15 heavy (non-hydrogen) atoms. The average Bonchev–Trinajstić information content (AvgIpc) is 2.67. The van der Waals surface area contributed by atoms with E-state index in [1.54, 1.807) is 0 Å². The van der Waals surface area contributed by atoms with Crippen LogP contribution in [0.3, 0.4) is 0 Å². The summed E-state index contributed by atoms with van der Waals surface area (Å²) in [7, 11) is 0. The number of amides is 1. The lowest BCUT2D eigenvalue weighted by molar-refractivity contribution is 0.1000. The normalized spacial score (nSPS) is 10.2. The van der Waals surface area contributed by atoms with Gasteiger partial charge in [-0.15, -0.1) is 0 Å². The van der Waals surface area contributed by atoms with E-state index in [2.05, 4.69) is 31.9 Å². The van der Waals surface area contributed by atoms with Crippen molar-refractivity contribution in [1.29, 1.82) is 0 Å². The van der Waals surface area contributed by atoms with Crippen molar-refractivity contribution < 1.29 is 9.32 Å². The Balaban J connectivity index is 2.49. The summed E-state index contributed by atoms with van der Waals surface area (Å²) in [4.78, 5) is 11.0. The lowest BCUT2D eigenvalue weighted by Crippen LogP contribution is -2.11. The van der Waals surface area contributed by atoms with Gasteiger partial charge < -0.3 is 10.3 Å². The number of carbonyl (C=O) groups is 1. The summed E-state index contributed by atoms with van der Waals surface area (Å²) in [5, 5.41) is 3.69. The molecule has 0 fully saturated rings. The van der Waals surface area contributed by atoms with E-state index in [4.69, 9.17) is 5.73 Å². The van der Waals surface area contributed by atoms with Crippen molar-refractivity contribution in [2.45, 2.75) is 0 Å². The van der Waals surface area contributed by atoms with E-state index in [0.29, 0.717) is 5.69 Å². The molecule has 75 valence electrons. The van der Waals surface area contributed by atoms with Crippen molar-refractivity contribution in [1.82, 2.24) is 5.16 Å². The molecule has 0 aliphatic rings. The molecule has 5 heteroatoms. The highest BCUT2D eigenvalue weighted by molar-refractivity contribution is 9.10. The molecule has 1 amide bonds. The first-order valence-corrected chi connectivity index (χ1v) is 4.91. The highest BCUT2D eigenvalue weighted by Gasteiger charge is 2.15. The fraction of sp³-hybridized carbons (Fsp3) is 0. The number of carbonyl (C=O) groups excluding carboxylic acids is 1. The molecule has 0 atom stereocenters. The predicted octanol–water partition coefficient (Wildman–Crippen LogP) is 2.00. The molecule has 1 radical (unpaired) electrons. The number of aromatic nitrogens is 1. The van der Waals surface area contributed by atoms with Crippen LogP contribution < -0.4 is 5.73 Å². The maximum atomic E-state index is 11.0. The van der Waals surface area contributed by atoms with Crippen molar-refractivity contribution in [3.05, 3.63) is 40.6 Å². The average molecular weight is 266 g/mol. The molecule has 2 N–H and O–H groups in total. The molecule has 0 aliphatic carbocycles. The van der Waals surface area contributed by atoms with Crippen LogP contribution in [0.4, 0.5) is 0 Å². The fourth-order valence-corrected chi connectivity index (χ4v) is 1.44. The summed E-state index contributed by atoms with van der Waals surface area (Å²) in [5.74, 6) is -0.603. The topological polar surface area (TPSA) is 69.1 Å². The van der Waals surface area contributed by atoms with Crippen molar-refractivity contribution >= 4 is 21.8 Å². The molecular formula is C10H6BrN2O2. The maximum absolute atomic E-state index is 11.0. The van der Waals surface area contributed by atoms with Crippen LogP contribution in [0, 0.1) is 6.26 Å². The number of hydrogen-bond acceptors (Lipinski definition) is 3. The van der Waals surface area contributed by atoms with Gasteiger partial charge in [0, 0.05) is 10.0 Å². The van der Waals surface area contributed by atoms with Gasteiger partial charge in [0.1, 0.15) is 11.3 Å². The van der Waals surface area contributed by atoms with Crippen LogP contribution in [0.25, 0.3) is 11.3 Å². The Morgan fingerprint density at radius 1 is 1.40 bits per heavy atom. The molecule has 1 aromatic carbocycles. The van der Waals surface area contributed by atoms with Gasteiger partial charge >= 0.3 is 0 Å². The van der Waals surface area contributed by atoms with Crippen molar-refractivity contribution in [2.24, 2.45) is 5.73 Å². The first-order valence-electron chi connectivity index (χ1n) is 4.11. The zero-order valence-electron chi connectivity index (χ0n) is 7.53. The maximum Gasteiger partial charge on any atom is 0.255 e. The first kappa shape index (κ1) is 9.92. The Morgan fingerprint density at radius 3 is 2.67 bits per heavy atom. The van der Waals surface area contributed by atoms with Gasteiger partial charge in [-0.3, -0.25) is 4.79 Å². The molecule has 0 aliphatic heterocycles. The molecule has 4 nitrogen and oxygen atoms in total. The smallest absolute Gasteiger partial charge is 0.255 e. The Labute approximate surface area is 94.2 Å². The van der Waals surface area contributed by atoms with E-state index < -0.39 is 5.91 Å². The predicted molar refractivity (Wildman–Crippen MR) is 57.0 cm³/mol. The summed E-state index contributed by atoms with van der Waals surface area (Å²) < 4.78 is 5.55. The van der Waals surface area contributed by atoms with E-state index in [-0.39, 0.29) is 5.56 Å². The van der Waals surface area contributed by atoms with Gasteiger partial charge in [0.05, 0.1) is 0 Å². The van der Waals surface area contributed by atoms with Crippen molar-refractivity contribution in [2.75, 3.05) is 0 Å². The number of hydrogen-bond donors (Lipinski definition) is 1. The quantitative estimate of drug-likeness (QED) is 0.903. The molecule has 0 spiro atoms. The zero-order chi connectivity index (χ0) is 10.8. The molecule has 0 bridgehead atoms. The van der Waals surface area contributed by atoms with E-state index >= 15 is 0 Å². The highest BCUT2D eigenvalue weighted by atomic mass is 79.9.